The molecule has 0 aliphatic heterocycles. The molecule has 0 atom stereocenters. The standard InChI is InChI=1S/C25H34N2O4/c1-6-7-14-27(17-23(28)26-22-13-8-18(2)15-19(22)3)16-20-9-11-21(12-10-20)31-25(4,5)24(29)30/h8-13,15H,6-7,14,16-17H2,1-5H3,(H,26,28)(H,29,30). The number of carbonyl (C=O) groups excluding carboxylic acids is 1. The summed E-state index contributed by atoms with van der Waals surface area (Å²) in [7, 11) is 0. The van der Waals surface area contributed by atoms with Gasteiger partial charge in [0.05, 0.1) is 6.54 Å². The van der Waals surface area contributed by atoms with Gasteiger partial charge in [-0.25, -0.2) is 4.79 Å². The zero-order valence-corrected chi connectivity index (χ0v) is 19.2. The number of hydrogen-bond donors (Lipinski definition) is 2. The van der Waals surface area contributed by atoms with Gasteiger partial charge >= 0.3 is 5.97 Å². The Morgan fingerprint density at radius 2 is 1.77 bits per heavy atom. The number of benzene rings is 2. The molecule has 2 N–H and O–H groups in total. The third kappa shape index (κ3) is 7.72. The molecule has 0 heterocycles. The van der Waals surface area contributed by atoms with Crippen LogP contribution in [0.3, 0.4) is 0 Å². The Morgan fingerprint density at radius 3 is 2.35 bits per heavy atom. The molecular formula is C25H34N2O4. The molecule has 0 spiro atoms. The minimum Gasteiger partial charge on any atom is -0.478 e. The summed E-state index contributed by atoms with van der Waals surface area (Å²) in [4.78, 5) is 26.0. The third-order valence-electron chi connectivity index (χ3n) is 5.07. The lowest BCUT2D eigenvalue weighted by molar-refractivity contribution is -0.152. The molecule has 6 nitrogen and oxygen atoms in total. The Balaban J connectivity index is 2.01. The van der Waals surface area contributed by atoms with Crippen LogP contribution in [0, 0.1) is 13.8 Å². The maximum absolute atomic E-state index is 12.7. The number of rotatable bonds is 11. The molecule has 0 saturated carbocycles. The second-order valence-corrected chi connectivity index (χ2v) is 8.49. The minimum absolute atomic E-state index is 0.0359. The summed E-state index contributed by atoms with van der Waals surface area (Å²) >= 11 is 0. The Labute approximate surface area is 185 Å². The molecule has 0 aliphatic rings. The van der Waals surface area contributed by atoms with E-state index in [2.05, 4.69) is 23.2 Å². The third-order valence-corrected chi connectivity index (χ3v) is 5.07. The number of ether oxygens (including phenoxy) is 1. The predicted molar refractivity (Wildman–Crippen MR) is 124 cm³/mol. The zero-order chi connectivity index (χ0) is 23.0. The highest BCUT2D eigenvalue weighted by Crippen LogP contribution is 2.20. The van der Waals surface area contributed by atoms with Crippen molar-refractivity contribution in [2.24, 2.45) is 0 Å². The molecule has 31 heavy (non-hydrogen) atoms. The molecule has 2 aromatic rings. The summed E-state index contributed by atoms with van der Waals surface area (Å²) in [5.74, 6) is -0.549. The molecule has 6 heteroatoms. The molecular weight excluding hydrogens is 392 g/mol. The van der Waals surface area contributed by atoms with Crippen molar-refractivity contribution in [3.05, 3.63) is 59.2 Å². The van der Waals surface area contributed by atoms with Crippen LogP contribution < -0.4 is 10.1 Å². The van der Waals surface area contributed by atoms with E-state index >= 15 is 0 Å². The van der Waals surface area contributed by atoms with Crippen LogP contribution >= 0.6 is 0 Å². The van der Waals surface area contributed by atoms with E-state index < -0.39 is 11.6 Å². The topological polar surface area (TPSA) is 78.9 Å². The van der Waals surface area contributed by atoms with Gasteiger partial charge in [0.15, 0.2) is 5.60 Å². The maximum Gasteiger partial charge on any atom is 0.347 e. The largest absolute Gasteiger partial charge is 0.478 e. The van der Waals surface area contributed by atoms with Crippen molar-refractivity contribution in [3.63, 3.8) is 0 Å². The summed E-state index contributed by atoms with van der Waals surface area (Å²) in [6, 6.07) is 13.4. The monoisotopic (exact) mass is 426 g/mol. The first-order chi connectivity index (χ1) is 14.6. The minimum atomic E-state index is -1.29. The Morgan fingerprint density at radius 1 is 1.10 bits per heavy atom. The van der Waals surface area contributed by atoms with Crippen LogP contribution in [-0.4, -0.2) is 40.6 Å². The van der Waals surface area contributed by atoms with E-state index in [1.165, 1.54) is 19.4 Å². The first-order valence-corrected chi connectivity index (χ1v) is 10.7. The number of amides is 1. The quantitative estimate of drug-likeness (QED) is 0.540. The van der Waals surface area contributed by atoms with Gasteiger partial charge in [-0.1, -0.05) is 43.2 Å². The maximum atomic E-state index is 12.7. The lowest BCUT2D eigenvalue weighted by atomic mass is 10.1. The molecule has 2 rings (SSSR count). The highest BCUT2D eigenvalue weighted by Gasteiger charge is 2.29. The molecule has 168 valence electrons. The van der Waals surface area contributed by atoms with Gasteiger partial charge in [-0.2, -0.15) is 0 Å². The van der Waals surface area contributed by atoms with E-state index in [9.17, 15) is 14.7 Å². The average Bonchev–Trinajstić information content (AvgIpc) is 2.69. The van der Waals surface area contributed by atoms with Crippen molar-refractivity contribution < 1.29 is 19.4 Å². The Hall–Kier alpha value is -2.86. The Kier molecular flexibility index (Phi) is 8.63. The number of aliphatic carboxylic acids is 1. The molecule has 0 bridgehead atoms. The predicted octanol–water partition coefficient (Wildman–Crippen LogP) is 4.79. The lowest BCUT2D eigenvalue weighted by Gasteiger charge is -2.23. The smallest absolute Gasteiger partial charge is 0.347 e. The molecule has 0 unspecified atom stereocenters. The molecule has 0 saturated heterocycles. The fourth-order valence-electron chi connectivity index (χ4n) is 3.20. The summed E-state index contributed by atoms with van der Waals surface area (Å²) in [6.07, 6.45) is 2.05. The van der Waals surface area contributed by atoms with E-state index in [-0.39, 0.29) is 5.91 Å². The normalized spacial score (nSPS) is 11.4. The molecule has 0 radical (unpaired) electrons. The van der Waals surface area contributed by atoms with Gasteiger partial charge in [0.25, 0.3) is 0 Å². The number of carboxylic acids is 1. The molecule has 1 amide bonds. The van der Waals surface area contributed by atoms with Gasteiger partial charge in [-0.05, 0) is 70.0 Å². The number of carboxylic acid groups (broad SMARTS) is 1. The van der Waals surface area contributed by atoms with Gasteiger partial charge in [0, 0.05) is 12.2 Å². The van der Waals surface area contributed by atoms with Crippen molar-refractivity contribution in [2.75, 3.05) is 18.4 Å². The lowest BCUT2D eigenvalue weighted by Crippen LogP contribution is -2.37. The fourth-order valence-corrected chi connectivity index (χ4v) is 3.20. The number of unbranched alkanes of at least 4 members (excludes halogenated alkanes) is 1. The van der Waals surface area contributed by atoms with Crippen LogP contribution in [0.5, 0.6) is 5.75 Å². The fraction of sp³-hybridized carbons (Fsp3) is 0.440. The van der Waals surface area contributed by atoms with Gasteiger partial charge < -0.3 is 15.2 Å². The van der Waals surface area contributed by atoms with E-state index in [1.54, 1.807) is 12.1 Å². The van der Waals surface area contributed by atoms with Crippen LogP contribution in [0.1, 0.15) is 50.3 Å². The first kappa shape index (κ1) is 24.4. The van der Waals surface area contributed by atoms with Crippen molar-refractivity contribution in [1.29, 1.82) is 0 Å². The van der Waals surface area contributed by atoms with E-state index in [1.807, 2.05) is 38.1 Å². The molecule has 0 aliphatic carbocycles. The SMILES string of the molecule is CCCCN(CC(=O)Nc1ccc(C)cc1C)Cc1ccc(OC(C)(C)C(=O)O)cc1. The van der Waals surface area contributed by atoms with E-state index in [4.69, 9.17) is 4.74 Å². The van der Waals surface area contributed by atoms with Gasteiger partial charge in [-0.3, -0.25) is 9.69 Å². The summed E-state index contributed by atoms with van der Waals surface area (Å²) < 4.78 is 5.56. The zero-order valence-electron chi connectivity index (χ0n) is 19.2. The van der Waals surface area contributed by atoms with Crippen molar-refractivity contribution in [2.45, 2.75) is 59.6 Å². The van der Waals surface area contributed by atoms with Crippen LogP contribution in [-0.2, 0) is 16.1 Å². The number of nitrogens with zero attached hydrogens (tertiary/aromatic N) is 1. The number of carbonyl (C=O) groups is 2. The summed E-state index contributed by atoms with van der Waals surface area (Å²) in [5.41, 5.74) is 2.80. The molecule has 0 fully saturated rings. The summed E-state index contributed by atoms with van der Waals surface area (Å²) in [6.45, 7) is 10.9. The van der Waals surface area contributed by atoms with E-state index in [0.717, 1.165) is 36.2 Å². The van der Waals surface area contributed by atoms with Crippen molar-refractivity contribution >= 4 is 17.6 Å². The first-order valence-electron chi connectivity index (χ1n) is 10.7. The number of nitrogens with one attached hydrogen (secondary N) is 1. The highest BCUT2D eigenvalue weighted by molar-refractivity contribution is 5.93. The van der Waals surface area contributed by atoms with Crippen LogP contribution in [0.15, 0.2) is 42.5 Å². The Bertz CT molecular complexity index is 891. The van der Waals surface area contributed by atoms with Crippen LogP contribution in [0.25, 0.3) is 0 Å². The van der Waals surface area contributed by atoms with Crippen LogP contribution in [0.4, 0.5) is 5.69 Å². The second kappa shape index (κ2) is 11.0. The van der Waals surface area contributed by atoms with Gasteiger partial charge in [0.2, 0.25) is 5.91 Å². The van der Waals surface area contributed by atoms with Gasteiger partial charge in [-0.15, -0.1) is 0 Å². The van der Waals surface area contributed by atoms with E-state index in [0.29, 0.717) is 18.8 Å². The van der Waals surface area contributed by atoms with Gasteiger partial charge in [0.1, 0.15) is 5.75 Å². The highest BCUT2D eigenvalue weighted by atomic mass is 16.5. The number of anilines is 1. The average molecular weight is 427 g/mol. The van der Waals surface area contributed by atoms with Crippen LogP contribution in [0.2, 0.25) is 0 Å². The van der Waals surface area contributed by atoms with Crippen molar-refractivity contribution in [3.8, 4) is 5.75 Å². The molecule has 0 aromatic heterocycles. The number of aryl methyl sites for hydroxylation is 2. The number of hydrogen-bond acceptors (Lipinski definition) is 4. The van der Waals surface area contributed by atoms with Crippen molar-refractivity contribution in [1.82, 2.24) is 4.90 Å². The second-order valence-electron chi connectivity index (χ2n) is 8.49. The molecule has 2 aromatic carbocycles. The summed E-state index contributed by atoms with van der Waals surface area (Å²) in [5, 5.41) is 12.2.